The molecule has 0 aromatic rings. The van der Waals surface area contributed by atoms with Gasteiger partial charge in [0, 0.05) is 0 Å². The molecule has 0 aliphatic carbocycles. The highest BCUT2D eigenvalue weighted by Gasteiger charge is 2.28. The second kappa shape index (κ2) is 23.2. The van der Waals surface area contributed by atoms with Crippen LogP contribution in [0.3, 0.4) is 0 Å². The number of carbonyl (C=O) groups is 1. The Labute approximate surface area is 221 Å². The van der Waals surface area contributed by atoms with Gasteiger partial charge in [0.2, 0.25) is 5.91 Å². The van der Waals surface area contributed by atoms with Crippen molar-refractivity contribution in [1.82, 2.24) is 5.32 Å². The molecule has 4 N–H and O–H groups in total. The molecule has 1 amide bonds. The third-order valence-electron chi connectivity index (χ3n) is 6.58. The Hall–Kier alpha value is -0.960. The summed E-state index contributed by atoms with van der Waals surface area (Å²) in [6.07, 6.45) is 21.1. The Morgan fingerprint density at radius 2 is 1.19 bits per heavy atom. The topological polar surface area (TPSA) is 124 Å². The molecule has 0 radical (unpaired) electrons. The van der Waals surface area contributed by atoms with Gasteiger partial charge in [-0.3, -0.25) is 9.35 Å². The van der Waals surface area contributed by atoms with Crippen LogP contribution < -0.4 is 5.32 Å². The Kier molecular flexibility index (Phi) is 22.6. The monoisotopic (exact) mass is 533 g/mol. The van der Waals surface area contributed by atoms with E-state index < -0.39 is 40.0 Å². The minimum absolute atomic E-state index is 0.283. The Morgan fingerprint density at radius 3 is 1.75 bits per heavy atom. The van der Waals surface area contributed by atoms with Crippen LogP contribution in [-0.4, -0.2) is 53.1 Å². The number of amides is 1. The molecule has 0 saturated heterocycles. The fraction of sp³-hybridized carbons (Fsp3) is 0.893. The van der Waals surface area contributed by atoms with E-state index in [0.717, 1.165) is 51.4 Å². The number of nitrogens with one attached hydrogen (secondary N) is 1. The van der Waals surface area contributed by atoms with Crippen molar-refractivity contribution in [2.75, 3.05) is 5.75 Å². The summed E-state index contributed by atoms with van der Waals surface area (Å²) in [5.74, 6) is -1.47. The quantitative estimate of drug-likeness (QED) is 0.0640. The fourth-order valence-electron chi connectivity index (χ4n) is 4.26. The summed E-state index contributed by atoms with van der Waals surface area (Å²) in [6.45, 7) is 4.37. The highest BCUT2D eigenvalue weighted by Crippen LogP contribution is 2.14. The van der Waals surface area contributed by atoms with Crippen molar-refractivity contribution < 1.29 is 28.0 Å². The first-order valence-corrected chi connectivity index (χ1v) is 16.1. The van der Waals surface area contributed by atoms with Gasteiger partial charge < -0.3 is 15.5 Å². The molecule has 214 valence electrons. The van der Waals surface area contributed by atoms with Crippen LogP contribution in [0.2, 0.25) is 0 Å². The van der Waals surface area contributed by atoms with E-state index in [2.05, 4.69) is 31.3 Å². The molecular formula is C28H55NO6S. The van der Waals surface area contributed by atoms with E-state index in [1.165, 1.54) is 44.9 Å². The summed E-state index contributed by atoms with van der Waals surface area (Å²) in [5.41, 5.74) is 0. The largest absolute Gasteiger partial charge is 0.391 e. The van der Waals surface area contributed by atoms with Crippen molar-refractivity contribution in [3.8, 4) is 0 Å². The fourth-order valence-corrected chi connectivity index (χ4v) is 5.02. The lowest BCUT2D eigenvalue weighted by molar-refractivity contribution is -0.131. The van der Waals surface area contributed by atoms with Crippen LogP contribution in [0, 0.1) is 0 Å². The Bertz CT molecular complexity index is 652. The third-order valence-corrected chi connectivity index (χ3v) is 7.36. The number of aliphatic hydroxyl groups is 2. The van der Waals surface area contributed by atoms with Crippen molar-refractivity contribution in [1.29, 1.82) is 0 Å². The molecule has 36 heavy (non-hydrogen) atoms. The van der Waals surface area contributed by atoms with Crippen LogP contribution in [0.25, 0.3) is 0 Å². The molecule has 0 spiro atoms. The maximum atomic E-state index is 12.4. The predicted molar refractivity (Wildman–Crippen MR) is 149 cm³/mol. The number of hydrogen-bond acceptors (Lipinski definition) is 5. The molecule has 0 fully saturated rings. The van der Waals surface area contributed by atoms with E-state index in [-0.39, 0.29) is 6.42 Å². The van der Waals surface area contributed by atoms with Crippen molar-refractivity contribution >= 4 is 16.0 Å². The smallest absolute Gasteiger partial charge is 0.266 e. The highest BCUT2D eigenvalue weighted by atomic mass is 32.2. The zero-order valence-corrected chi connectivity index (χ0v) is 23.8. The van der Waals surface area contributed by atoms with Gasteiger partial charge in [-0.2, -0.15) is 8.42 Å². The molecular weight excluding hydrogens is 478 g/mol. The van der Waals surface area contributed by atoms with Gasteiger partial charge in [-0.05, 0) is 32.1 Å². The third kappa shape index (κ3) is 22.3. The van der Waals surface area contributed by atoms with Gasteiger partial charge in [0.25, 0.3) is 10.1 Å². The van der Waals surface area contributed by atoms with Crippen LogP contribution >= 0.6 is 0 Å². The number of unbranched alkanes of at least 4 members (excludes halogenated alkanes) is 14. The van der Waals surface area contributed by atoms with Crippen LogP contribution in [0.15, 0.2) is 12.2 Å². The first-order valence-electron chi connectivity index (χ1n) is 14.5. The SMILES string of the molecule is CCCC/C=C\CCCCCCC(O)C(=O)NC(CS(=O)(=O)O)C(O)CCCCCCCCCCC. The molecule has 3 atom stereocenters. The molecule has 0 heterocycles. The van der Waals surface area contributed by atoms with Gasteiger partial charge in [0.15, 0.2) is 0 Å². The van der Waals surface area contributed by atoms with E-state index in [0.29, 0.717) is 19.3 Å². The number of aliphatic hydroxyl groups excluding tert-OH is 2. The summed E-state index contributed by atoms with van der Waals surface area (Å²) in [6, 6.07) is -1.14. The normalized spacial score (nSPS) is 14.7. The predicted octanol–water partition coefficient (Wildman–Crippen LogP) is 6.09. The average molecular weight is 534 g/mol. The summed E-state index contributed by atoms with van der Waals surface area (Å²) >= 11 is 0. The number of rotatable bonds is 25. The van der Waals surface area contributed by atoms with Crippen molar-refractivity contribution in [3.63, 3.8) is 0 Å². The number of allylic oxidation sites excluding steroid dienone is 2. The summed E-state index contributed by atoms with van der Waals surface area (Å²) in [5, 5.41) is 23.1. The molecule has 0 aromatic carbocycles. The van der Waals surface area contributed by atoms with E-state index in [4.69, 9.17) is 0 Å². The summed E-state index contributed by atoms with van der Waals surface area (Å²) in [7, 11) is -4.39. The van der Waals surface area contributed by atoms with Crippen molar-refractivity contribution in [2.24, 2.45) is 0 Å². The van der Waals surface area contributed by atoms with Crippen molar-refractivity contribution in [2.45, 2.75) is 154 Å². The minimum Gasteiger partial charge on any atom is -0.391 e. The Balaban J connectivity index is 4.25. The van der Waals surface area contributed by atoms with Gasteiger partial charge in [-0.1, -0.05) is 116 Å². The van der Waals surface area contributed by atoms with Crippen molar-refractivity contribution in [3.05, 3.63) is 12.2 Å². The molecule has 0 aromatic heterocycles. The van der Waals surface area contributed by atoms with Gasteiger partial charge in [-0.15, -0.1) is 0 Å². The summed E-state index contributed by atoms with van der Waals surface area (Å²) < 4.78 is 32.1. The van der Waals surface area contributed by atoms with Crippen LogP contribution in [0.4, 0.5) is 0 Å². The zero-order chi connectivity index (χ0) is 27.1. The van der Waals surface area contributed by atoms with E-state index in [1.807, 2.05) is 0 Å². The maximum Gasteiger partial charge on any atom is 0.266 e. The highest BCUT2D eigenvalue weighted by molar-refractivity contribution is 7.85. The van der Waals surface area contributed by atoms with Gasteiger partial charge in [0.1, 0.15) is 6.10 Å². The van der Waals surface area contributed by atoms with Gasteiger partial charge >= 0.3 is 0 Å². The molecule has 0 aliphatic rings. The second-order valence-electron chi connectivity index (χ2n) is 10.2. The second-order valence-corrected chi connectivity index (χ2v) is 11.7. The first-order chi connectivity index (χ1) is 17.2. The van der Waals surface area contributed by atoms with Crippen LogP contribution in [0.5, 0.6) is 0 Å². The number of carbonyl (C=O) groups excluding carboxylic acids is 1. The Morgan fingerprint density at radius 1 is 0.722 bits per heavy atom. The van der Waals surface area contributed by atoms with Gasteiger partial charge in [0.05, 0.1) is 17.9 Å². The van der Waals surface area contributed by atoms with E-state index in [9.17, 15) is 28.0 Å². The van der Waals surface area contributed by atoms with Gasteiger partial charge in [-0.25, -0.2) is 0 Å². The molecule has 0 rings (SSSR count). The molecule has 8 heteroatoms. The van der Waals surface area contributed by atoms with Crippen LogP contribution in [0.1, 0.15) is 136 Å². The molecule has 3 unspecified atom stereocenters. The average Bonchev–Trinajstić information content (AvgIpc) is 2.82. The van der Waals surface area contributed by atoms with E-state index >= 15 is 0 Å². The summed E-state index contributed by atoms with van der Waals surface area (Å²) in [4.78, 5) is 12.4. The lowest BCUT2D eigenvalue weighted by Crippen LogP contribution is -2.50. The van der Waals surface area contributed by atoms with Crippen LogP contribution in [-0.2, 0) is 14.9 Å². The van der Waals surface area contributed by atoms with E-state index in [1.54, 1.807) is 0 Å². The zero-order valence-electron chi connectivity index (χ0n) is 23.0. The molecule has 0 saturated carbocycles. The first kappa shape index (κ1) is 35.0. The maximum absolute atomic E-state index is 12.4. The molecule has 0 bridgehead atoms. The minimum atomic E-state index is -4.39. The molecule has 0 aliphatic heterocycles. The standard InChI is InChI=1S/C28H55NO6S/c1-3-5-7-9-11-13-15-17-19-21-23-27(31)28(32)29-25(24-36(33,34)35)26(30)22-20-18-16-14-12-10-8-6-4-2/h9,11,25-27,30-31H,3-8,10,12-24H2,1-2H3,(H,29,32)(H,33,34,35)/b11-9-. The number of hydrogen-bond donors (Lipinski definition) is 4. The lowest BCUT2D eigenvalue weighted by atomic mass is 10.0. The lowest BCUT2D eigenvalue weighted by Gasteiger charge is -2.24. The molecule has 7 nitrogen and oxygen atoms in total.